The zero-order valence-corrected chi connectivity index (χ0v) is 19.1. The number of hydrogen-bond acceptors (Lipinski definition) is 10. The predicted octanol–water partition coefficient (Wildman–Crippen LogP) is 0.140. The molecule has 2 aromatic heterocycles. The van der Waals surface area contributed by atoms with E-state index in [9.17, 15) is 15.0 Å². The Kier molecular flexibility index (Phi) is 7.10. The van der Waals surface area contributed by atoms with Crippen LogP contribution < -0.4 is 16.0 Å². The van der Waals surface area contributed by atoms with Crippen LogP contribution in [0, 0.1) is 0 Å². The van der Waals surface area contributed by atoms with Gasteiger partial charge in [0.2, 0.25) is 5.91 Å². The maximum Gasteiger partial charge on any atom is 0.237 e. The lowest BCUT2D eigenvalue weighted by atomic mass is 10.0. The molecular formula is C21H26N10O4. The van der Waals surface area contributed by atoms with E-state index < -0.39 is 43.0 Å². The quantitative estimate of drug-likeness (QED) is 0.196. The van der Waals surface area contributed by atoms with E-state index in [0.717, 1.165) is 5.56 Å². The highest BCUT2D eigenvalue weighted by Gasteiger charge is 2.46. The van der Waals surface area contributed by atoms with Gasteiger partial charge in [-0.15, -0.1) is 0 Å². The third-order valence-corrected chi connectivity index (χ3v) is 5.79. The van der Waals surface area contributed by atoms with Crippen LogP contribution in [-0.2, 0) is 16.0 Å². The minimum absolute atomic E-state index is 0.218. The number of aromatic nitrogens is 4. The molecule has 1 aromatic carbocycles. The number of rotatable bonds is 8. The highest BCUT2D eigenvalue weighted by molar-refractivity contribution is 5.83. The Balaban J connectivity index is 1.48. The zero-order valence-electron chi connectivity index (χ0n) is 19.1. The number of hydrogen-bond donors (Lipinski definition) is 4. The molecule has 35 heavy (non-hydrogen) atoms. The SMILES string of the molecule is CN(C)c1ncnc2c1ncn2[C@@H]1O[C@H](CO)[C@@H](NC(=O)[C@@H](N)Cc2ccc(N=[N+]=[N-])cc2)[C@H]1O. The Morgan fingerprint density at radius 1 is 1.34 bits per heavy atom. The van der Waals surface area contributed by atoms with Crippen molar-refractivity contribution < 1.29 is 19.7 Å². The third kappa shape index (κ3) is 4.87. The largest absolute Gasteiger partial charge is 0.394 e. The average Bonchev–Trinajstić information content (AvgIpc) is 3.41. The molecular weight excluding hydrogens is 456 g/mol. The highest BCUT2D eigenvalue weighted by Crippen LogP contribution is 2.32. The summed E-state index contributed by atoms with van der Waals surface area (Å²) < 4.78 is 7.43. The van der Waals surface area contributed by atoms with Crippen molar-refractivity contribution in [3.8, 4) is 0 Å². The molecule has 5 N–H and O–H groups in total. The Labute approximate surface area is 200 Å². The van der Waals surface area contributed by atoms with Crippen molar-refractivity contribution in [3.63, 3.8) is 0 Å². The first-order chi connectivity index (χ1) is 16.8. The first-order valence-corrected chi connectivity index (χ1v) is 10.8. The molecule has 1 amide bonds. The Hall–Kier alpha value is -3.81. The fraction of sp³-hybridized carbons (Fsp3) is 0.429. The number of aliphatic hydroxyl groups is 2. The van der Waals surface area contributed by atoms with Gasteiger partial charge in [-0.05, 0) is 17.5 Å². The number of carbonyl (C=O) groups excluding carboxylic acids is 1. The van der Waals surface area contributed by atoms with Crippen LogP contribution in [0.4, 0.5) is 11.5 Å². The number of ether oxygens (including phenoxy) is 1. The minimum atomic E-state index is -1.21. The summed E-state index contributed by atoms with van der Waals surface area (Å²) in [5, 5.41) is 27.1. The molecule has 14 nitrogen and oxygen atoms in total. The van der Waals surface area contributed by atoms with Crippen LogP contribution in [0.25, 0.3) is 21.6 Å². The van der Waals surface area contributed by atoms with Crippen molar-refractivity contribution in [2.45, 2.75) is 36.9 Å². The second-order valence-corrected chi connectivity index (χ2v) is 8.35. The van der Waals surface area contributed by atoms with E-state index in [0.29, 0.717) is 22.7 Å². The maximum atomic E-state index is 12.8. The lowest BCUT2D eigenvalue weighted by Crippen LogP contribution is -2.53. The molecule has 14 heteroatoms. The Bertz CT molecular complexity index is 1240. The molecule has 0 unspecified atom stereocenters. The average molecular weight is 483 g/mol. The van der Waals surface area contributed by atoms with E-state index >= 15 is 0 Å². The van der Waals surface area contributed by atoms with Gasteiger partial charge in [-0.1, -0.05) is 29.4 Å². The number of carbonyl (C=O) groups is 1. The number of aliphatic hydroxyl groups excluding tert-OH is 2. The summed E-state index contributed by atoms with van der Waals surface area (Å²) in [7, 11) is 3.65. The predicted molar refractivity (Wildman–Crippen MR) is 126 cm³/mol. The molecule has 184 valence electrons. The molecule has 1 saturated heterocycles. The molecule has 5 atom stereocenters. The van der Waals surface area contributed by atoms with Crippen LogP contribution in [0.3, 0.4) is 0 Å². The van der Waals surface area contributed by atoms with Gasteiger partial charge in [0.15, 0.2) is 23.2 Å². The first kappa shape index (κ1) is 24.3. The lowest BCUT2D eigenvalue weighted by molar-refractivity contribution is -0.124. The van der Waals surface area contributed by atoms with E-state index in [1.807, 2.05) is 14.1 Å². The molecule has 4 rings (SSSR count). The number of nitrogens with one attached hydrogen (secondary N) is 1. The van der Waals surface area contributed by atoms with Gasteiger partial charge in [0, 0.05) is 24.7 Å². The number of azide groups is 1. The second kappa shape index (κ2) is 10.2. The number of amides is 1. The van der Waals surface area contributed by atoms with Crippen LogP contribution in [0.2, 0.25) is 0 Å². The number of nitrogens with zero attached hydrogens (tertiary/aromatic N) is 8. The van der Waals surface area contributed by atoms with E-state index in [-0.39, 0.29) is 6.42 Å². The van der Waals surface area contributed by atoms with Crippen molar-refractivity contribution in [1.29, 1.82) is 0 Å². The molecule has 0 bridgehead atoms. The summed E-state index contributed by atoms with van der Waals surface area (Å²) in [5.74, 6) is 0.0896. The number of fused-ring (bicyclic) bond motifs is 1. The molecule has 1 aliphatic heterocycles. The fourth-order valence-electron chi connectivity index (χ4n) is 4.03. The molecule has 3 heterocycles. The summed E-state index contributed by atoms with van der Waals surface area (Å²) in [6.07, 6.45) is 0.0543. The standard InChI is InChI=1S/C21H26N10O4/c1-30(2)18-16-19(25-9-24-18)31(10-26-16)21-17(33)15(14(8-32)35-21)27-20(34)13(22)7-11-3-5-12(6-4-11)28-29-23/h3-6,9-10,13-15,17,21,32-33H,7-8,22H2,1-2H3,(H,27,34)/t13-,14+,15+,17+,21+/m0/s1. The minimum Gasteiger partial charge on any atom is -0.394 e. The van der Waals surface area contributed by atoms with Gasteiger partial charge < -0.3 is 30.9 Å². The van der Waals surface area contributed by atoms with E-state index in [1.54, 1.807) is 33.7 Å². The van der Waals surface area contributed by atoms with Crippen molar-refractivity contribution in [2.75, 3.05) is 25.6 Å². The smallest absolute Gasteiger partial charge is 0.237 e. The molecule has 0 radical (unpaired) electrons. The van der Waals surface area contributed by atoms with Crippen LogP contribution in [0.1, 0.15) is 11.8 Å². The summed E-state index contributed by atoms with van der Waals surface area (Å²) in [4.78, 5) is 30.2. The molecule has 0 saturated carbocycles. The second-order valence-electron chi connectivity index (χ2n) is 8.35. The third-order valence-electron chi connectivity index (χ3n) is 5.79. The topological polar surface area (TPSA) is 200 Å². The Morgan fingerprint density at radius 2 is 2.09 bits per heavy atom. The summed E-state index contributed by atoms with van der Waals surface area (Å²) in [6, 6.07) is 4.85. The van der Waals surface area contributed by atoms with Gasteiger partial charge in [0.25, 0.3) is 0 Å². The Morgan fingerprint density at radius 3 is 2.74 bits per heavy atom. The van der Waals surface area contributed by atoms with E-state index in [2.05, 4.69) is 30.3 Å². The van der Waals surface area contributed by atoms with Crippen molar-refractivity contribution in [1.82, 2.24) is 24.8 Å². The molecule has 0 spiro atoms. The van der Waals surface area contributed by atoms with Crippen LogP contribution in [0.15, 0.2) is 42.0 Å². The lowest BCUT2D eigenvalue weighted by Gasteiger charge is -2.23. The molecule has 0 aliphatic carbocycles. The van der Waals surface area contributed by atoms with Crippen LogP contribution in [0.5, 0.6) is 0 Å². The summed E-state index contributed by atoms with van der Waals surface area (Å²) in [5.41, 5.74) is 16.8. The highest BCUT2D eigenvalue weighted by atomic mass is 16.5. The van der Waals surface area contributed by atoms with Gasteiger partial charge in [-0.2, -0.15) is 0 Å². The molecule has 1 aliphatic rings. The zero-order chi connectivity index (χ0) is 25.1. The number of nitrogens with two attached hydrogens (primary N) is 1. The number of benzene rings is 1. The molecule has 3 aromatic rings. The summed E-state index contributed by atoms with van der Waals surface area (Å²) in [6.45, 7) is -0.431. The molecule has 1 fully saturated rings. The van der Waals surface area contributed by atoms with Gasteiger partial charge in [-0.25, -0.2) is 15.0 Å². The van der Waals surface area contributed by atoms with Gasteiger partial charge in [-0.3, -0.25) is 9.36 Å². The van der Waals surface area contributed by atoms with Crippen LogP contribution >= 0.6 is 0 Å². The summed E-state index contributed by atoms with van der Waals surface area (Å²) >= 11 is 0. The van der Waals surface area contributed by atoms with E-state index in [4.69, 9.17) is 16.0 Å². The van der Waals surface area contributed by atoms with Crippen LogP contribution in [-0.4, -0.2) is 80.6 Å². The fourth-order valence-corrected chi connectivity index (χ4v) is 4.03. The van der Waals surface area contributed by atoms with Crippen molar-refractivity contribution >= 4 is 28.6 Å². The van der Waals surface area contributed by atoms with Gasteiger partial charge >= 0.3 is 0 Å². The van der Waals surface area contributed by atoms with Gasteiger partial charge in [0.1, 0.15) is 18.5 Å². The van der Waals surface area contributed by atoms with Gasteiger partial charge in [0.05, 0.1) is 25.0 Å². The first-order valence-electron chi connectivity index (χ1n) is 10.8. The van der Waals surface area contributed by atoms with Crippen molar-refractivity contribution in [2.24, 2.45) is 10.8 Å². The number of imidazole rings is 1. The number of anilines is 1. The monoisotopic (exact) mass is 482 g/mol. The van der Waals surface area contributed by atoms with E-state index in [1.165, 1.54) is 12.7 Å². The van der Waals surface area contributed by atoms with Crippen molar-refractivity contribution in [3.05, 3.63) is 52.9 Å². The maximum absolute atomic E-state index is 12.8. The normalized spacial score (nSPS) is 22.5.